The van der Waals surface area contributed by atoms with Crippen LogP contribution in [0.1, 0.15) is 35.8 Å². The number of hydrogen-bond donors (Lipinski definition) is 1. The van der Waals surface area contributed by atoms with Crippen LogP contribution < -0.4 is 5.73 Å². The molecule has 2 heterocycles. The quantitative estimate of drug-likeness (QED) is 0.820. The van der Waals surface area contributed by atoms with Crippen molar-refractivity contribution in [3.8, 4) is 6.07 Å². The zero-order valence-electron chi connectivity index (χ0n) is 9.87. The van der Waals surface area contributed by atoms with E-state index in [1.165, 1.54) is 0 Å². The zero-order valence-corrected chi connectivity index (χ0v) is 9.87. The third-order valence-electron chi connectivity index (χ3n) is 3.32. The van der Waals surface area contributed by atoms with Crippen LogP contribution in [0, 0.1) is 11.3 Å². The molecule has 0 radical (unpaired) electrons. The summed E-state index contributed by atoms with van der Waals surface area (Å²) in [7, 11) is 0. The molecule has 0 spiro atoms. The van der Waals surface area contributed by atoms with Gasteiger partial charge in [-0.05, 0) is 30.5 Å². The van der Waals surface area contributed by atoms with Gasteiger partial charge in [0.2, 0.25) is 5.95 Å². The van der Waals surface area contributed by atoms with Crippen molar-refractivity contribution in [2.45, 2.75) is 25.3 Å². The van der Waals surface area contributed by atoms with Gasteiger partial charge >= 0.3 is 0 Å². The number of hydrogen-bond acceptors (Lipinski definition) is 4. The van der Waals surface area contributed by atoms with E-state index in [-0.39, 0.29) is 6.04 Å². The molecule has 18 heavy (non-hydrogen) atoms. The van der Waals surface area contributed by atoms with Crippen molar-refractivity contribution in [3.05, 3.63) is 41.2 Å². The highest BCUT2D eigenvalue weighted by atomic mass is 15.4. The maximum atomic E-state index is 8.81. The van der Waals surface area contributed by atoms with Crippen LogP contribution in [-0.2, 0) is 6.42 Å². The first-order chi connectivity index (χ1) is 8.78. The molecule has 0 saturated heterocycles. The Morgan fingerprint density at radius 3 is 2.83 bits per heavy atom. The molecule has 2 aromatic rings. The number of nitriles is 1. The number of benzene rings is 1. The molecule has 5 heteroatoms. The fourth-order valence-electron chi connectivity index (χ4n) is 2.46. The van der Waals surface area contributed by atoms with Gasteiger partial charge in [0, 0.05) is 6.42 Å². The van der Waals surface area contributed by atoms with Crippen molar-refractivity contribution in [2.75, 3.05) is 5.73 Å². The Morgan fingerprint density at radius 1 is 1.33 bits per heavy atom. The van der Waals surface area contributed by atoms with E-state index in [1.54, 1.807) is 0 Å². The van der Waals surface area contributed by atoms with Crippen molar-refractivity contribution in [1.29, 1.82) is 5.26 Å². The van der Waals surface area contributed by atoms with Crippen LogP contribution in [0.15, 0.2) is 24.3 Å². The lowest BCUT2D eigenvalue weighted by Crippen LogP contribution is -2.20. The molecule has 1 aliphatic heterocycles. The Kier molecular flexibility index (Phi) is 2.49. The average Bonchev–Trinajstić information content (AvgIpc) is 2.79. The van der Waals surface area contributed by atoms with Crippen molar-refractivity contribution >= 4 is 5.95 Å². The lowest BCUT2D eigenvalue weighted by molar-refractivity contribution is 0.412. The number of nitrogens with zero attached hydrogens (tertiary/aromatic N) is 4. The first-order valence-corrected chi connectivity index (χ1v) is 5.99. The number of fused-ring (bicyclic) bond motifs is 1. The van der Waals surface area contributed by atoms with Crippen molar-refractivity contribution in [3.63, 3.8) is 0 Å². The minimum Gasteiger partial charge on any atom is -0.366 e. The van der Waals surface area contributed by atoms with E-state index >= 15 is 0 Å². The lowest BCUT2D eigenvalue weighted by Gasteiger charge is -2.23. The molecule has 1 unspecified atom stereocenters. The Labute approximate surface area is 105 Å². The summed E-state index contributed by atoms with van der Waals surface area (Å²) in [6.45, 7) is 0. The molecule has 0 saturated carbocycles. The van der Waals surface area contributed by atoms with E-state index in [1.807, 2.05) is 28.9 Å². The van der Waals surface area contributed by atoms with Gasteiger partial charge in [-0.25, -0.2) is 4.68 Å². The summed E-state index contributed by atoms with van der Waals surface area (Å²) in [4.78, 5) is 4.24. The molecular weight excluding hydrogens is 226 g/mol. The van der Waals surface area contributed by atoms with Gasteiger partial charge < -0.3 is 5.73 Å². The minimum atomic E-state index is 0.186. The molecule has 3 rings (SSSR count). The number of rotatable bonds is 1. The van der Waals surface area contributed by atoms with E-state index in [2.05, 4.69) is 16.2 Å². The molecule has 90 valence electrons. The smallest absolute Gasteiger partial charge is 0.239 e. The summed E-state index contributed by atoms with van der Waals surface area (Å²) >= 11 is 0. The maximum absolute atomic E-state index is 8.81. The number of anilines is 1. The van der Waals surface area contributed by atoms with Gasteiger partial charge in [0.05, 0.1) is 17.7 Å². The fraction of sp³-hybridized carbons (Fsp3) is 0.308. The van der Waals surface area contributed by atoms with Gasteiger partial charge in [-0.3, -0.25) is 0 Å². The summed E-state index contributed by atoms with van der Waals surface area (Å²) < 4.78 is 1.92. The van der Waals surface area contributed by atoms with Crippen LogP contribution in [0.3, 0.4) is 0 Å². The van der Waals surface area contributed by atoms with E-state index < -0.39 is 0 Å². The summed E-state index contributed by atoms with van der Waals surface area (Å²) in [5, 5.41) is 13.1. The summed E-state index contributed by atoms with van der Waals surface area (Å²) in [5.74, 6) is 1.29. The second kappa shape index (κ2) is 4.15. The summed E-state index contributed by atoms with van der Waals surface area (Å²) in [6.07, 6.45) is 3.04. The molecule has 0 bridgehead atoms. The van der Waals surface area contributed by atoms with Gasteiger partial charge in [-0.2, -0.15) is 10.2 Å². The largest absolute Gasteiger partial charge is 0.366 e. The summed E-state index contributed by atoms with van der Waals surface area (Å²) in [5.41, 5.74) is 7.48. The Hall–Kier alpha value is -2.35. The fourth-order valence-corrected chi connectivity index (χ4v) is 2.46. The second-order valence-electron chi connectivity index (χ2n) is 4.47. The number of aromatic nitrogens is 3. The Morgan fingerprint density at radius 2 is 2.11 bits per heavy atom. The van der Waals surface area contributed by atoms with Gasteiger partial charge in [0.15, 0.2) is 0 Å². The van der Waals surface area contributed by atoms with Crippen LogP contribution >= 0.6 is 0 Å². The Bertz CT molecular complexity index is 605. The highest BCUT2D eigenvalue weighted by Crippen LogP contribution is 2.29. The molecular formula is C13H13N5. The van der Waals surface area contributed by atoms with Crippen LogP contribution in [0.2, 0.25) is 0 Å². The van der Waals surface area contributed by atoms with E-state index in [0.29, 0.717) is 11.5 Å². The Balaban J connectivity index is 2.00. The lowest BCUT2D eigenvalue weighted by atomic mass is 9.97. The molecule has 0 fully saturated rings. The molecule has 1 aromatic heterocycles. The average molecular weight is 239 g/mol. The van der Waals surface area contributed by atoms with Gasteiger partial charge in [0.25, 0.3) is 0 Å². The van der Waals surface area contributed by atoms with E-state index in [0.717, 1.165) is 30.7 Å². The molecule has 1 aromatic carbocycles. The third-order valence-corrected chi connectivity index (χ3v) is 3.32. The van der Waals surface area contributed by atoms with Crippen molar-refractivity contribution in [1.82, 2.24) is 14.8 Å². The first kappa shape index (κ1) is 10.8. The monoisotopic (exact) mass is 239 g/mol. The predicted molar refractivity (Wildman–Crippen MR) is 66.7 cm³/mol. The van der Waals surface area contributed by atoms with Crippen LogP contribution in [0.25, 0.3) is 0 Å². The number of nitrogen functional groups attached to an aromatic ring is 1. The third kappa shape index (κ3) is 1.72. The molecule has 5 nitrogen and oxygen atoms in total. The molecule has 0 aliphatic carbocycles. The zero-order chi connectivity index (χ0) is 12.5. The second-order valence-corrected chi connectivity index (χ2v) is 4.47. The van der Waals surface area contributed by atoms with Crippen LogP contribution in [0.4, 0.5) is 5.95 Å². The SMILES string of the molecule is N#Cc1ccc(C2CCCc3nc(N)nn32)cc1. The molecule has 1 atom stereocenters. The minimum absolute atomic E-state index is 0.186. The van der Waals surface area contributed by atoms with E-state index in [4.69, 9.17) is 11.0 Å². The van der Waals surface area contributed by atoms with Crippen molar-refractivity contribution < 1.29 is 0 Å². The van der Waals surface area contributed by atoms with Crippen LogP contribution in [0.5, 0.6) is 0 Å². The summed E-state index contributed by atoms with van der Waals surface area (Å²) in [6, 6.07) is 9.95. The highest BCUT2D eigenvalue weighted by Gasteiger charge is 2.23. The molecule has 0 amide bonds. The normalized spacial score (nSPS) is 18.1. The number of aryl methyl sites for hydroxylation is 1. The van der Waals surface area contributed by atoms with Gasteiger partial charge in [-0.1, -0.05) is 12.1 Å². The highest BCUT2D eigenvalue weighted by molar-refractivity contribution is 5.33. The van der Waals surface area contributed by atoms with Crippen molar-refractivity contribution in [2.24, 2.45) is 0 Å². The van der Waals surface area contributed by atoms with Gasteiger partial charge in [-0.15, -0.1) is 5.10 Å². The molecule has 1 aliphatic rings. The first-order valence-electron chi connectivity index (χ1n) is 5.99. The molecule has 2 N–H and O–H groups in total. The topological polar surface area (TPSA) is 80.5 Å². The van der Waals surface area contributed by atoms with Gasteiger partial charge in [0.1, 0.15) is 5.82 Å². The maximum Gasteiger partial charge on any atom is 0.239 e. The van der Waals surface area contributed by atoms with Crippen LogP contribution in [-0.4, -0.2) is 14.8 Å². The standard InChI is InChI=1S/C13H13N5/c14-8-9-4-6-10(7-5-9)11-2-1-3-12-16-13(15)17-18(11)12/h4-7,11H,1-3H2,(H2,15,17). The van der Waals surface area contributed by atoms with E-state index in [9.17, 15) is 0 Å². The predicted octanol–water partition coefficient (Wildman–Crippen LogP) is 1.66. The number of nitrogens with two attached hydrogens (primary N) is 1.